The summed E-state index contributed by atoms with van der Waals surface area (Å²) in [6, 6.07) is 13.3. The highest BCUT2D eigenvalue weighted by Crippen LogP contribution is 2.22. The molecule has 0 atom stereocenters. The molecular formula is C25H22ClN5O2. The molecule has 166 valence electrons. The lowest BCUT2D eigenvalue weighted by Crippen LogP contribution is -2.24. The molecule has 0 aliphatic carbocycles. The molecule has 0 bridgehead atoms. The van der Waals surface area contributed by atoms with Crippen molar-refractivity contribution in [1.82, 2.24) is 15.5 Å². The van der Waals surface area contributed by atoms with E-state index in [9.17, 15) is 4.79 Å². The molecule has 0 radical (unpaired) electrons. The van der Waals surface area contributed by atoms with E-state index in [4.69, 9.17) is 21.9 Å². The summed E-state index contributed by atoms with van der Waals surface area (Å²) in [6.45, 7) is 5.80. The molecule has 2 aromatic carbocycles. The van der Waals surface area contributed by atoms with Gasteiger partial charge in [-0.15, -0.1) is 0 Å². The molecule has 1 amide bonds. The molecule has 3 N–H and O–H groups in total. The molecule has 4 aromatic rings. The van der Waals surface area contributed by atoms with Gasteiger partial charge in [0.2, 0.25) is 0 Å². The number of fused-ring (bicyclic) bond motifs is 2. The zero-order valence-electron chi connectivity index (χ0n) is 18.0. The molecule has 33 heavy (non-hydrogen) atoms. The summed E-state index contributed by atoms with van der Waals surface area (Å²) in [5.41, 5.74) is 10.2. The van der Waals surface area contributed by atoms with E-state index >= 15 is 0 Å². The first-order valence-electron chi connectivity index (χ1n) is 10.3. The van der Waals surface area contributed by atoms with E-state index in [0.717, 1.165) is 27.4 Å². The number of benzene rings is 2. The van der Waals surface area contributed by atoms with Crippen molar-refractivity contribution >= 4 is 51.9 Å². The minimum absolute atomic E-state index is 0.217. The van der Waals surface area contributed by atoms with Crippen LogP contribution in [0.15, 0.2) is 81.6 Å². The number of nitrogens with zero attached hydrogens (tertiary/aromatic N) is 3. The van der Waals surface area contributed by atoms with Gasteiger partial charge in [0.15, 0.2) is 11.4 Å². The van der Waals surface area contributed by atoms with Gasteiger partial charge in [0, 0.05) is 35.8 Å². The van der Waals surface area contributed by atoms with Crippen LogP contribution < -0.4 is 11.1 Å². The third-order valence-corrected chi connectivity index (χ3v) is 5.42. The number of nitrogens with one attached hydrogen (secondary N) is 1. The summed E-state index contributed by atoms with van der Waals surface area (Å²) in [5.74, 6) is 0.127. The number of nitrogen functional groups attached to an aromatic ring is 1. The van der Waals surface area contributed by atoms with Gasteiger partial charge in [-0.2, -0.15) is 0 Å². The van der Waals surface area contributed by atoms with Gasteiger partial charge < -0.3 is 15.6 Å². The van der Waals surface area contributed by atoms with Crippen molar-refractivity contribution in [2.45, 2.75) is 19.9 Å². The summed E-state index contributed by atoms with van der Waals surface area (Å²) in [6.07, 6.45) is 5.62. The smallest absolute Gasteiger partial charge is 0.251 e. The SMILES string of the molecule is C=N/C(=C\C(=C/C)C(=O)NCc1ccc2c(N)noc2c1)Cc1ccc2ncc(Cl)cc2c1. The van der Waals surface area contributed by atoms with Crippen molar-refractivity contribution in [3.63, 3.8) is 0 Å². The molecule has 0 aliphatic heterocycles. The van der Waals surface area contributed by atoms with Crippen LogP contribution in [0.3, 0.4) is 0 Å². The maximum atomic E-state index is 12.8. The molecule has 2 heterocycles. The number of anilines is 1. The molecule has 0 saturated carbocycles. The molecule has 0 unspecified atom stereocenters. The zero-order chi connectivity index (χ0) is 23.4. The van der Waals surface area contributed by atoms with Crippen LogP contribution in [-0.2, 0) is 17.8 Å². The van der Waals surface area contributed by atoms with Crippen molar-refractivity contribution in [3.05, 3.63) is 88.2 Å². The third kappa shape index (κ3) is 5.10. The summed E-state index contributed by atoms with van der Waals surface area (Å²) >= 11 is 6.06. The molecule has 0 saturated heterocycles. The minimum Gasteiger partial charge on any atom is -0.380 e. The van der Waals surface area contributed by atoms with E-state index in [1.54, 1.807) is 25.3 Å². The van der Waals surface area contributed by atoms with Crippen LogP contribution in [0.25, 0.3) is 21.9 Å². The average Bonchev–Trinajstić information content (AvgIpc) is 3.19. The Morgan fingerprint density at radius 3 is 2.85 bits per heavy atom. The monoisotopic (exact) mass is 459 g/mol. The highest BCUT2D eigenvalue weighted by atomic mass is 35.5. The fourth-order valence-corrected chi connectivity index (χ4v) is 3.65. The number of aliphatic imine (C=N–C) groups is 1. The molecule has 7 nitrogen and oxygen atoms in total. The molecule has 4 rings (SSSR count). The van der Waals surface area contributed by atoms with Crippen LogP contribution in [0, 0.1) is 0 Å². The van der Waals surface area contributed by atoms with E-state index in [-0.39, 0.29) is 5.91 Å². The molecule has 8 heteroatoms. The minimum atomic E-state index is -0.217. The Morgan fingerprint density at radius 2 is 2.06 bits per heavy atom. The fraction of sp³-hybridized carbons (Fsp3) is 0.120. The van der Waals surface area contributed by atoms with Gasteiger partial charge in [0.05, 0.1) is 15.9 Å². The first-order chi connectivity index (χ1) is 16.0. The van der Waals surface area contributed by atoms with Crippen molar-refractivity contribution < 1.29 is 9.32 Å². The normalized spacial score (nSPS) is 12.3. The number of allylic oxidation sites excluding steroid dienone is 2. The van der Waals surface area contributed by atoms with E-state index < -0.39 is 0 Å². The lowest BCUT2D eigenvalue weighted by Gasteiger charge is -2.08. The lowest BCUT2D eigenvalue weighted by molar-refractivity contribution is -0.117. The van der Waals surface area contributed by atoms with Crippen molar-refractivity contribution in [2.24, 2.45) is 4.99 Å². The van der Waals surface area contributed by atoms with Gasteiger partial charge >= 0.3 is 0 Å². The van der Waals surface area contributed by atoms with Crippen LogP contribution in [-0.4, -0.2) is 22.8 Å². The van der Waals surface area contributed by atoms with E-state index in [2.05, 4.69) is 27.2 Å². The highest BCUT2D eigenvalue weighted by molar-refractivity contribution is 6.31. The first kappa shape index (κ1) is 22.2. The van der Waals surface area contributed by atoms with E-state index in [0.29, 0.717) is 40.7 Å². The van der Waals surface area contributed by atoms with Crippen LogP contribution in [0.1, 0.15) is 18.1 Å². The van der Waals surface area contributed by atoms with Gasteiger partial charge in [-0.1, -0.05) is 35.0 Å². The number of carbonyl (C=O) groups is 1. The van der Waals surface area contributed by atoms with Crippen molar-refractivity contribution in [2.75, 3.05) is 5.73 Å². The second-order valence-electron chi connectivity index (χ2n) is 7.48. The first-order valence-corrected chi connectivity index (χ1v) is 10.6. The number of aromatic nitrogens is 2. The molecule has 2 aromatic heterocycles. The number of hydrogen-bond donors (Lipinski definition) is 2. The van der Waals surface area contributed by atoms with Crippen LogP contribution in [0.2, 0.25) is 5.02 Å². The maximum Gasteiger partial charge on any atom is 0.251 e. The van der Waals surface area contributed by atoms with Crippen molar-refractivity contribution in [1.29, 1.82) is 0 Å². The van der Waals surface area contributed by atoms with Crippen LogP contribution >= 0.6 is 11.6 Å². The van der Waals surface area contributed by atoms with Crippen molar-refractivity contribution in [3.8, 4) is 0 Å². The fourth-order valence-electron chi connectivity index (χ4n) is 3.48. The highest BCUT2D eigenvalue weighted by Gasteiger charge is 2.10. The Labute approximate surface area is 195 Å². The zero-order valence-corrected chi connectivity index (χ0v) is 18.8. The number of amides is 1. The Hall–Kier alpha value is -3.97. The van der Waals surface area contributed by atoms with Gasteiger partial charge in [-0.25, -0.2) is 0 Å². The number of rotatable bonds is 7. The van der Waals surface area contributed by atoms with Crippen LogP contribution in [0.4, 0.5) is 5.82 Å². The second kappa shape index (κ2) is 9.67. The number of hydrogen-bond acceptors (Lipinski definition) is 6. The Balaban J connectivity index is 1.46. The standard InChI is InChI=1S/C25H22ClN5O2/c1-3-17(25(32)30-13-16-4-6-21-23(10-16)33-31-24(21)27)12-20(28-2)9-15-5-7-22-18(8-15)11-19(26)14-29-22/h3-8,10-12,14H,2,9,13H2,1H3,(H2,27,31)(H,30,32)/b17-3+,20-12-. The number of nitrogens with two attached hydrogens (primary N) is 1. The van der Waals surface area contributed by atoms with Gasteiger partial charge in [0.25, 0.3) is 5.91 Å². The molecule has 0 aliphatic rings. The number of halogens is 1. The Morgan fingerprint density at radius 1 is 1.24 bits per heavy atom. The summed E-state index contributed by atoms with van der Waals surface area (Å²) in [4.78, 5) is 21.2. The summed E-state index contributed by atoms with van der Waals surface area (Å²) in [7, 11) is 0. The lowest BCUT2D eigenvalue weighted by atomic mass is 10.0. The van der Waals surface area contributed by atoms with E-state index in [1.807, 2.05) is 42.5 Å². The summed E-state index contributed by atoms with van der Waals surface area (Å²) in [5, 5.41) is 8.93. The number of carbonyl (C=O) groups excluding carboxylic acids is 1. The predicted octanol–water partition coefficient (Wildman–Crippen LogP) is 5.00. The predicted molar refractivity (Wildman–Crippen MR) is 132 cm³/mol. The molecular weight excluding hydrogens is 438 g/mol. The topological polar surface area (TPSA) is 106 Å². The summed E-state index contributed by atoms with van der Waals surface area (Å²) < 4.78 is 5.18. The average molecular weight is 460 g/mol. The van der Waals surface area contributed by atoms with Crippen LogP contribution in [0.5, 0.6) is 0 Å². The largest absolute Gasteiger partial charge is 0.380 e. The van der Waals surface area contributed by atoms with Gasteiger partial charge in [0.1, 0.15) is 0 Å². The second-order valence-corrected chi connectivity index (χ2v) is 7.91. The Kier molecular flexibility index (Phi) is 6.51. The molecule has 0 fully saturated rings. The molecule has 0 spiro atoms. The number of pyridine rings is 1. The van der Waals surface area contributed by atoms with Gasteiger partial charge in [-0.3, -0.25) is 14.8 Å². The van der Waals surface area contributed by atoms with Gasteiger partial charge in [-0.05, 0) is 61.2 Å². The van der Waals surface area contributed by atoms with E-state index in [1.165, 1.54) is 0 Å². The Bertz CT molecular complexity index is 1420. The quantitative estimate of drug-likeness (QED) is 0.230. The maximum absolute atomic E-state index is 12.8. The third-order valence-electron chi connectivity index (χ3n) is 5.21.